The predicted octanol–water partition coefficient (Wildman–Crippen LogP) is 2.82. The molecule has 0 fully saturated rings. The van der Waals surface area contributed by atoms with Crippen LogP contribution in [0.2, 0.25) is 0 Å². The van der Waals surface area contributed by atoms with Crippen molar-refractivity contribution in [2.45, 2.75) is 25.6 Å². The molecule has 0 aliphatic carbocycles. The predicted molar refractivity (Wildman–Crippen MR) is 71.0 cm³/mol. The molecular weight excluding hydrogens is 254 g/mol. The van der Waals surface area contributed by atoms with Gasteiger partial charge in [-0.25, -0.2) is 4.79 Å². The average Bonchev–Trinajstić information content (AvgIpc) is 2.36. The fraction of sp³-hybridized carbons (Fsp3) is 0.385. The number of alkyl halides is 1. The van der Waals surface area contributed by atoms with Crippen molar-refractivity contribution in [1.82, 2.24) is 0 Å². The van der Waals surface area contributed by atoms with Crippen LogP contribution in [0.3, 0.4) is 0 Å². The smallest absolute Gasteiger partial charge is 0.338 e. The minimum absolute atomic E-state index is 0.280. The van der Waals surface area contributed by atoms with Gasteiger partial charge in [-0.05, 0) is 37.6 Å². The van der Waals surface area contributed by atoms with E-state index in [9.17, 15) is 9.59 Å². The molecule has 0 spiro atoms. The molecule has 1 amide bonds. The first-order valence-electron chi connectivity index (χ1n) is 5.76. The molecule has 1 N–H and O–H groups in total. The van der Waals surface area contributed by atoms with Crippen LogP contribution in [0.25, 0.3) is 0 Å². The Hall–Kier alpha value is -1.55. The van der Waals surface area contributed by atoms with Crippen LogP contribution in [0.1, 0.15) is 30.6 Å². The van der Waals surface area contributed by atoms with E-state index in [1.807, 2.05) is 6.92 Å². The summed E-state index contributed by atoms with van der Waals surface area (Å²) in [7, 11) is 0. The first-order chi connectivity index (χ1) is 8.54. The lowest BCUT2D eigenvalue weighted by molar-refractivity contribution is -0.115. The molecule has 0 aliphatic rings. The Morgan fingerprint density at radius 1 is 1.33 bits per heavy atom. The van der Waals surface area contributed by atoms with E-state index in [2.05, 4.69) is 5.32 Å². The van der Waals surface area contributed by atoms with Crippen LogP contribution in [0.5, 0.6) is 0 Å². The highest BCUT2D eigenvalue weighted by Crippen LogP contribution is 2.11. The molecule has 98 valence electrons. The molecule has 18 heavy (non-hydrogen) atoms. The number of nitrogens with one attached hydrogen (secondary N) is 1. The molecule has 1 rings (SSSR count). The van der Waals surface area contributed by atoms with Gasteiger partial charge in [0.15, 0.2) is 0 Å². The number of hydrogen-bond acceptors (Lipinski definition) is 3. The topological polar surface area (TPSA) is 55.4 Å². The van der Waals surface area contributed by atoms with Gasteiger partial charge in [0.25, 0.3) is 0 Å². The Morgan fingerprint density at radius 2 is 1.94 bits per heavy atom. The first-order valence-corrected chi connectivity index (χ1v) is 6.20. The highest BCUT2D eigenvalue weighted by molar-refractivity contribution is 6.32. The fourth-order valence-corrected chi connectivity index (χ4v) is 1.26. The number of benzene rings is 1. The molecule has 1 aromatic carbocycles. The summed E-state index contributed by atoms with van der Waals surface area (Å²) in [6, 6.07) is 6.48. The van der Waals surface area contributed by atoms with E-state index in [-0.39, 0.29) is 11.9 Å². The standard InChI is InChI=1S/C13H16ClNO3/c1-3-8-18-13(17)10-4-6-11(7-5-10)15-12(16)9(2)14/h4-7,9H,3,8H2,1-2H3,(H,15,16)/t9-/m1/s1. The highest BCUT2D eigenvalue weighted by atomic mass is 35.5. The second-order valence-electron chi connectivity index (χ2n) is 3.82. The maximum atomic E-state index is 11.5. The SMILES string of the molecule is CCCOC(=O)c1ccc(NC(=O)[C@@H](C)Cl)cc1. The summed E-state index contributed by atoms with van der Waals surface area (Å²) in [4.78, 5) is 22.9. The number of carbonyl (C=O) groups excluding carboxylic acids is 2. The van der Waals surface area contributed by atoms with E-state index >= 15 is 0 Å². The molecule has 0 aromatic heterocycles. The Kier molecular flexibility index (Phi) is 5.65. The Labute approximate surface area is 111 Å². The van der Waals surface area contributed by atoms with Crippen molar-refractivity contribution in [3.63, 3.8) is 0 Å². The lowest BCUT2D eigenvalue weighted by Crippen LogP contribution is -2.20. The van der Waals surface area contributed by atoms with Crippen molar-refractivity contribution >= 4 is 29.2 Å². The van der Waals surface area contributed by atoms with Gasteiger partial charge >= 0.3 is 5.97 Å². The number of anilines is 1. The van der Waals surface area contributed by atoms with E-state index in [0.717, 1.165) is 6.42 Å². The van der Waals surface area contributed by atoms with Crippen LogP contribution in [0, 0.1) is 0 Å². The number of ether oxygens (including phenoxy) is 1. The van der Waals surface area contributed by atoms with Crippen LogP contribution in [-0.2, 0) is 9.53 Å². The van der Waals surface area contributed by atoms with Crippen molar-refractivity contribution in [2.24, 2.45) is 0 Å². The van der Waals surface area contributed by atoms with E-state index in [1.54, 1.807) is 31.2 Å². The van der Waals surface area contributed by atoms with Crippen molar-refractivity contribution in [3.05, 3.63) is 29.8 Å². The molecule has 0 aliphatic heterocycles. The molecular formula is C13H16ClNO3. The van der Waals surface area contributed by atoms with Gasteiger partial charge in [0.05, 0.1) is 12.2 Å². The first kappa shape index (κ1) is 14.5. The summed E-state index contributed by atoms with van der Waals surface area (Å²) in [6.45, 7) is 3.92. The Bertz CT molecular complexity index is 415. The number of halogens is 1. The molecule has 4 nitrogen and oxygen atoms in total. The number of hydrogen-bond donors (Lipinski definition) is 1. The number of amides is 1. The maximum Gasteiger partial charge on any atom is 0.338 e. The third-order valence-electron chi connectivity index (χ3n) is 2.19. The van der Waals surface area contributed by atoms with Gasteiger partial charge in [-0.15, -0.1) is 11.6 Å². The van der Waals surface area contributed by atoms with Crippen molar-refractivity contribution in [1.29, 1.82) is 0 Å². The van der Waals surface area contributed by atoms with E-state index < -0.39 is 5.38 Å². The minimum Gasteiger partial charge on any atom is -0.462 e. The summed E-state index contributed by atoms with van der Waals surface area (Å²) < 4.78 is 4.99. The van der Waals surface area contributed by atoms with Gasteiger partial charge in [-0.2, -0.15) is 0 Å². The third-order valence-corrected chi connectivity index (χ3v) is 2.38. The van der Waals surface area contributed by atoms with Gasteiger partial charge in [-0.1, -0.05) is 6.92 Å². The zero-order valence-corrected chi connectivity index (χ0v) is 11.2. The molecule has 0 radical (unpaired) electrons. The fourth-order valence-electron chi connectivity index (χ4n) is 1.21. The monoisotopic (exact) mass is 269 g/mol. The van der Waals surface area contributed by atoms with Crippen LogP contribution >= 0.6 is 11.6 Å². The Balaban J connectivity index is 2.62. The van der Waals surface area contributed by atoms with Gasteiger partial charge in [0.1, 0.15) is 5.38 Å². The van der Waals surface area contributed by atoms with Crippen LogP contribution in [-0.4, -0.2) is 23.9 Å². The third kappa shape index (κ3) is 4.37. The maximum absolute atomic E-state index is 11.5. The van der Waals surface area contributed by atoms with Crippen LogP contribution in [0.4, 0.5) is 5.69 Å². The van der Waals surface area contributed by atoms with Gasteiger partial charge in [0, 0.05) is 5.69 Å². The van der Waals surface area contributed by atoms with Gasteiger partial charge in [-0.3, -0.25) is 4.79 Å². The normalized spacial score (nSPS) is 11.7. The molecule has 1 aromatic rings. The van der Waals surface area contributed by atoms with Gasteiger partial charge in [0.2, 0.25) is 5.91 Å². The van der Waals surface area contributed by atoms with Gasteiger partial charge < -0.3 is 10.1 Å². The quantitative estimate of drug-likeness (QED) is 0.661. The zero-order valence-electron chi connectivity index (χ0n) is 10.4. The molecule has 0 bridgehead atoms. The molecule has 5 heteroatoms. The summed E-state index contributed by atoms with van der Waals surface area (Å²) >= 11 is 5.63. The zero-order chi connectivity index (χ0) is 13.5. The largest absolute Gasteiger partial charge is 0.462 e. The molecule has 0 saturated carbocycles. The summed E-state index contributed by atoms with van der Waals surface area (Å²) in [5.74, 6) is -0.640. The summed E-state index contributed by atoms with van der Waals surface area (Å²) in [5, 5.41) is 2.03. The average molecular weight is 270 g/mol. The molecule has 1 atom stereocenters. The Morgan fingerprint density at radius 3 is 2.44 bits per heavy atom. The molecule has 0 unspecified atom stereocenters. The van der Waals surface area contributed by atoms with Crippen molar-refractivity contribution in [2.75, 3.05) is 11.9 Å². The van der Waals surface area contributed by atoms with Crippen molar-refractivity contribution < 1.29 is 14.3 Å². The second-order valence-corrected chi connectivity index (χ2v) is 4.47. The summed E-state index contributed by atoms with van der Waals surface area (Å²) in [5.41, 5.74) is 1.06. The van der Waals surface area contributed by atoms with Crippen LogP contribution < -0.4 is 5.32 Å². The molecule has 0 saturated heterocycles. The van der Waals surface area contributed by atoms with E-state index in [0.29, 0.717) is 17.9 Å². The van der Waals surface area contributed by atoms with Crippen LogP contribution in [0.15, 0.2) is 24.3 Å². The number of esters is 1. The molecule has 0 heterocycles. The highest BCUT2D eigenvalue weighted by Gasteiger charge is 2.10. The lowest BCUT2D eigenvalue weighted by Gasteiger charge is -2.07. The van der Waals surface area contributed by atoms with Crippen molar-refractivity contribution in [3.8, 4) is 0 Å². The number of carbonyl (C=O) groups is 2. The second kappa shape index (κ2) is 7.01. The van der Waals surface area contributed by atoms with E-state index in [1.165, 1.54) is 0 Å². The van der Waals surface area contributed by atoms with E-state index in [4.69, 9.17) is 16.3 Å². The lowest BCUT2D eigenvalue weighted by atomic mass is 10.2. The summed E-state index contributed by atoms with van der Waals surface area (Å²) in [6.07, 6.45) is 0.785. The minimum atomic E-state index is -0.598. The number of rotatable bonds is 5.